The molecule has 0 saturated heterocycles. The summed E-state index contributed by atoms with van der Waals surface area (Å²) in [5, 5.41) is 8.97. The van der Waals surface area contributed by atoms with Crippen LogP contribution in [-0.4, -0.2) is 13.5 Å². The van der Waals surface area contributed by atoms with Crippen LogP contribution in [0.25, 0.3) is 0 Å². The van der Waals surface area contributed by atoms with Crippen LogP contribution < -0.4 is 0 Å². The summed E-state index contributed by atoms with van der Waals surface area (Å²) in [5.41, 5.74) is 0.115. The summed E-state index contributed by atoms with van der Waals surface area (Å²) in [5.74, 6) is -0.746. The zero-order chi connectivity index (χ0) is 10.2. The summed E-state index contributed by atoms with van der Waals surface area (Å²) < 4.78 is 33.7. The van der Waals surface area contributed by atoms with Crippen LogP contribution in [0.3, 0.4) is 0 Å². The fraction of sp³-hybridized carbons (Fsp3) is 0.143. The van der Waals surface area contributed by atoms with Gasteiger partial charge in [-0.3, -0.25) is 0 Å². The number of hydrogen-bond acceptors (Lipinski definition) is 3. The number of hydrogen-bond donors (Lipinski definition) is 1. The second-order valence-electron chi connectivity index (χ2n) is 2.48. The Kier molecular flexibility index (Phi) is 2.49. The van der Waals surface area contributed by atoms with E-state index in [0.29, 0.717) is 0 Å². The maximum absolute atomic E-state index is 12.6. The van der Waals surface area contributed by atoms with E-state index in [1.807, 2.05) is 0 Å². The monoisotopic (exact) mass is 224 g/mol. The zero-order valence-electron chi connectivity index (χ0n) is 6.58. The van der Waals surface area contributed by atoms with E-state index < -0.39 is 20.9 Å². The lowest BCUT2D eigenvalue weighted by molar-refractivity contribution is 0.454. The van der Waals surface area contributed by atoms with Crippen molar-refractivity contribution in [1.29, 1.82) is 0 Å². The minimum Gasteiger partial charge on any atom is -0.505 e. The molecule has 0 aliphatic rings. The highest BCUT2D eigenvalue weighted by atomic mass is 35.5. The molecule has 3 nitrogen and oxygen atoms in total. The molecule has 0 radical (unpaired) electrons. The minimum atomic E-state index is -4.92. The first-order chi connectivity index (χ1) is 5.84. The first kappa shape index (κ1) is 10.3. The van der Waals surface area contributed by atoms with Gasteiger partial charge in [0.2, 0.25) is 0 Å². The fourth-order valence-electron chi connectivity index (χ4n) is 0.956. The van der Waals surface area contributed by atoms with Crippen LogP contribution >= 0.6 is 11.6 Å². The second-order valence-corrected chi connectivity index (χ2v) is 4.17. The van der Waals surface area contributed by atoms with E-state index in [1.165, 1.54) is 19.1 Å². The van der Waals surface area contributed by atoms with Crippen molar-refractivity contribution in [2.75, 3.05) is 0 Å². The van der Waals surface area contributed by atoms with Gasteiger partial charge < -0.3 is 5.11 Å². The molecule has 0 heterocycles. The molecule has 1 N–H and O–H groups in total. The van der Waals surface area contributed by atoms with Crippen molar-refractivity contribution in [3.63, 3.8) is 0 Å². The molecule has 0 aliphatic heterocycles. The van der Waals surface area contributed by atoms with Crippen LogP contribution in [-0.2, 0) is 10.2 Å². The van der Waals surface area contributed by atoms with Gasteiger partial charge in [-0.25, -0.2) is 0 Å². The van der Waals surface area contributed by atoms with E-state index in [4.69, 9.17) is 16.7 Å². The third-order valence-electron chi connectivity index (χ3n) is 1.52. The van der Waals surface area contributed by atoms with E-state index in [2.05, 4.69) is 0 Å². The molecule has 0 aromatic heterocycles. The fourth-order valence-corrected chi connectivity index (χ4v) is 1.96. The molecular formula is C7H6ClFO3S. The topological polar surface area (TPSA) is 54.4 Å². The quantitative estimate of drug-likeness (QED) is 0.743. The van der Waals surface area contributed by atoms with E-state index in [1.54, 1.807) is 0 Å². The lowest BCUT2D eigenvalue weighted by atomic mass is 10.2. The Balaban J connectivity index is 3.62. The molecule has 0 spiro atoms. The minimum absolute atomic E-state index is 0.115. The number of phenolic OH excluding ortho intramolecular Hbond substituents is 1. The van der Waals surface area contributed by atoms with Gasteiger partial charge in [0.1, 0.15) is 4.90 Å². The standard InChI is InChI=1S/C7H6ClFO3S/c1-4-2-3-5(8)6(10)7(4)13(9,11)12/h2-3,10H,1H3. The van der Waals surface area contributed by atoms with Gasteiger partial charge in [-0.1, -0.05) is 17.7 Å². The van der Waals surface area contributed by atoms with Gasteiger partial charge in [0.25, 0.3) is 0 Å². The molecule has 0 aliphatic carbocycles. The molecule has 0 saturated carbocycles. The van der Waals surface area contributed by atoms with E-state index >= 15 is 0 Å². The maximum atomic E-state index is 12.6. The van der Waals surface area contributed by atoms with Crippen LogP contribution in [0.1, 0.15) is 5.56 Å². The van der Waals surface area contributed by atoms with Crippen LogP contribution in [0.4, 0.5) is 3.89 Å². The molecule has 1 aromatic rings. The predicted octanol–water partition coefficient (Wildman–Crippen LogP) is 2.01. The summed E-state index contributed by atoms with van der Waals surface area (Å²) >= 11 is 5.41. The first-order valence-electron chi connectivity index (χ1n) is 3.27. The highest BCUT2D eigenvalue weighted by Crippen LogP contribution is 2.34. The van der Waals surface area contributed by atoms with E-state index in [0.717, 1.165) is 0 Å². The highest BCUT2D eigenvalue weighted by Gasteiger charge is 2.21. The molecule has 13 heavy (non-hydrogen) atoms. The molecule has 72 valence electrons. The molecule has 0 fully saturated rings. The van der Waals surface area contributed by atoms with Gasteiger partial charge in [0.15, 0.2) is 5.75 Å². The molecule has 1 aromatic carbocycles. The number of benzene rings is 1. The number of aromatic hydroxyl groups is 1. The van der Waals surface area contributed by atoms with Crippen LogP contribution in [0.2, 0.25) is 5.02 Å². The molecule has 0 unspecified atom stereocenters. The SMILES string of the molecule is Cc1ccc(Cl)c(O)c1S(=O)(=O)F. The van der Waals surface area contributed by atoms with Crippen LogP contribution in [0.5, 0.6) is 5.75 Å². The molecule has 0 bridgehead atoms. The predicted molar refractivity (Wildman–Crippen MR) is 46.1 cm³/mol. The molecular weight excluding hydrogens is 219 g/mol. The Morgan fingerprint density at radius 2 is 2.00 bits per heavy atom. The Labute approximate surface area is 80.0 Å². The van der Waals surface area contributed by atoms with Crippen molar-refractivity contribution in [3.05, 3.63) is 22.7 Å². The number of aryl methyl sites for hydroxylation is 1. The molecule has 0 atom stereocenters. The Morgan fingerprint density at radius 1 is 1.46 bits per heavy atom. The number of phenols is 1. The highest BCUT2D eigenvalue weighted by molar-refractivity contribution is 7.86. The van der Waals surface area contributed by atoms with Crippen molar-refractivity contribution >= 4 is 21.8 Å². The average Bonchev–Trinajstić information content (AvgIpc) is 1.95. The molecule has 1 rings (SSSR count). The van der Waals surface area contributed by atoms with Gasteiger partial charge in [-0.05, 0) is 18.6 Å². The number of halogens is 2. The smallest absolute Gasteiger partial charge is 0.336 e. The Morgan fingerprint density at radius 3 is 2.38 bits per heavy atom. The largest absolute Gasteiger partial charge is 0.505 e. The van der Waals surface area contributed by atoms with Crippen molar-refractivity contribution in [2.24, 2.45) is 0 Å². The average molecular weight is 225 g/mol. The lowest BCUT2D eigenvalue weighted by Crippen LogP contribution is -1.96. The van der Waals surface area contributed by atoms with E-state index in [9.17, 15) is 12.3 Å². The summed E-state index contributed by atoms with van der Waals surface area (Å²) in [6, 6.07) is 2.61. The Hall–Kier alpha value is -0.810. The lowest BCUT2D eigenvalue weighted by Gasteiger charge is -2.04. The van der Waals surface area contributed by atoms with Crippen molar-refractivity contribution in [1.82, 2.24) is 0 Å². The second kappa shape index (κ2) is 3.16. The van der Waals surface area contributed by atoms with Crippen LogP contribution in [0, 0.1) is 6.92 Å². The Bertz CT molecular complexity index is 441. The van der Waals surface area contributed by atoms with Gasteiger partial charge in [0.05, 0.1) is 5.02 Å². The van der Waals surface area contributed by atoms with Crippen molar-refractivity contribution < 1.29 is 17.4 Å². The van der Waals surface area contributed by atoms with Gasteiger partial charge >= 0.3 is 10.2 Å². The third-order valence-corrected chi connectivity index (χ3v) is 2.83. The van der Waals surface area contributed by atoms with Gasteiger partial charge in [0, 0.05) is 0 Å². The van der Waals surface area contributed by atoms with Crippen molar-refractivity contribution in [3.8, 4) is 5.75 Å². The van der Waals surface area contributed by atoms with Crippen LogP contribution in [0.15, 0.2) is 17.0 Å². The van der Waals surface area contributed by atoms with Gasteiger partial charge in [-0.15, -0.1) is 3.89 Å². The third kappa shape index (κ3) is 1.92. The summed E-state index contributed by atoms with van der Waals surface area (Å²) in [4.78, 5) is -0.764. The first-order valence-corrected chi connectivity index (χ1v) is 5.03. The summed E-state index contributed by atoms with van der Waals surface area (Å²) in [6.07, 6.45) is 0. The summed E-state index contributed by atoms with van der Waals surface area (Å²) in [7, 11) is -4.92. The van der Waals surface area contributed by atoms with E-state index in [-0.39, 0.29) is 10.6 Å². The van der Waals surface area contributed by atoms with Gasteiger partial charge in [-0.2, -0.15) is 8.42 Å². The number of rotatable bonds is 1. The normalized spacial score (nSPS) is 11.6. The van der Waals surface area contributed by atoms with Crippen molar-refractivity contribution in [2.45, 2.75) is 11.8 Å². The molecule has 0 amide bonds. The zero-order valence-corrected chi connectivity index (χ0v) is 8.16. The summed E-state index contributed by atoms with van der Waals surface area (Å²) in [6.45, 7) is 1.36. The molecule has 6 heteroatoms. The maximum Gasteiger partial charge on any atom is 0.336 e.